The Hall–Kier alpha value is -1.89. The van der Waals surface area contributed by atoms with Gasteiger partial charge in [-0.3, -0.25) is 14.4 Å². The Bertz CT molecular complexity index is 617. The Balaban J connectivity index is 5.10. The standard InChI is InChI=1S/C31H57NO6/c1-5-9-10-11-12-13-14-15-16-17-18-19-20-21-22-32(23-26(6-2)29(33)34,24-27(7-3)30(35)36)25-28(8-4)31(37)38/h16-17,26-28H,5-15,18-25H2,1-4H3,(H2-,33,34,35,36,37,38)/p+1/b17-16+. The number of allylic oxidation sites excluding steroid dienone is 2. The fourth-order valence-electron chi connectivity index (χ4n) is 5.39. The molecule has 38 heavy (non-hydrogen) atoms. The van der Waals surface area contributed by atoms with Crippen LogP contribution in [-0.2, 0) is 14.4 Å². The van der Waals surface area contributed by atoms with Gasteiger partial charge in [0.15, 0.2) is 0 Å². The number of nitrogens with zero attached hydrogens (tertiary/aromatic N) is 1. The van der Waals surface area contributed by atoms with Gasteiger partial charge in [0.1, 0.15) is 17.8 Å². The smallest absolute Gasteiger partial charge is 0.312 e. The largest absolute Gasteiger partial charge is 0.481 e. The highest BCUT2D eigenvalue weighted by molar-refractivity contribution is 5.71. The molecule has 222 valence electrons. The van der Waals surface area contributed by atoms with E-state index in [1.165, 1.54) is 44.9 Å². The van der Waals surface area contributed by atoms with Gasteiger partial charge in [0.2, 0.25) is 0 Å². The molecule has 0 aromatic carbocycles. The molecule has 0 spiro atoms. The SMILES string of the molecule is CCCCCCCCC/C=C/CCCCC[N+](CC(CC)C(=O)O)(CC(CC)C(=O)O)CC(CC)C(=O)O. The molecule has 0 aliphatic heterocycles. The maximum Gasteiger partial charge on any atom is 0.312 e. The molecule has 0 bridgehead atoms. The van der Waals surface area contributed by atoms with Crippen molar-refractivity contribution in [3.8, 4) is 0 Å². The third kappa shape index (κ3) is 16.2. The minimum absolute atomic E-state index is 0.245. The van der Waals surface area contributed by atoms with Gasteiger partial charge >= 0.3 is 17.9 Å². The molecule has 0 saturated heterocycles. The van der Waals surface area contributed by atoms with Crippen molar-refractivity contribution in [3.05, 3.63) is 12.2 Å². The zero-order chi connectivity index (χ0) is 28.8. The molecule has 0 aliphatic rings. The zero-order valence-corrected chi connectivity index (χ0v) is 24.8. The summed E-state index contributed by atoms with van der Waals surface area (Å²) in [6, 6.07) is 0. The lowest BCUT2D eigenvalue weighted by Gasteiger charge is -2.43. The van der Waals surface area contributed by atoms with E-state index in [4.69, 9.17) is 0 Å². The average molecular weight is 541 g/mol. The summed E-state index contributed by atoms with van der Waals surface area (Å²) in [5, 5.41) is 29.3. The number of carbonyl (C=O) groups is 3. The first-order chi connectivity index (χ1) is 18.2. The summed E-state index contributed by atoms with van der Waals surface area (Å²) >= 11 is 0. The Kier molecular flexibility index (Phi) is 20.9. The maximum atomic E-state index is 11.9. The third-order valence-electron chi connectivity index (χ3n) is 7.99. The predicted octanol–water partition coefficient (Wildman–Crippen LogP) is 7.39. The van der Waals surface area contributed by atoms with E-state index in [9.17, 15) is 29.7 Å². The van der Waals surface area contributed by atoms with Crippen molar-refractivity contribution in [2.24, 2.45) is 17.8 Å². The summed E-state index contributed by atoms with van der Waals surface area (Å²) in [4.78, 5) is 35.8. The third-order valence-corrected chi connectivity index (χ3v) is 7.99. The molecule has 0 amide bonds. The van der Waals surface area contributed by atoms with E-state index in [0.29, 0.717) is 25.8 Å². The van der Waals surface area contributed by atoms with Gasteiger partial charge in [-0.15, -0.1) is 0 Å². The van der Waals surface area contributed by atoms with Crippen LogP contribution in [0.3, 0.4) is 0 Å². The molecule has 0 aromatic rings. The highest BCUT2D eigenvalue weighted by Crippen LogP contribution is 2.25. The Morgan fingerprint density at radius 2 is 0.895 bits per heavy atom. The van der Waals surface area contributed by atoms with Crippen LogP contribution in [-0.4, -0.2) is 63.9 Å². The average Bonchev–Trinajstić information content (AvgIpc) is 2.88. The van der Waals surface area contributed by atoms with Crippen molar-refractivity contribution in [1.82, 2.24) is 0 Å². The number of hydrogen-bond donors (Lipinski definition) is 3. The quantitative estimate of drug-likeness (QED) is 0.0599. The van der Waals surface area contributed by atoms with Gasteiger partial charge in [-0.2, -0.15) is 0 Å². The van der Waals surface area contributed by atoms with Crippen LogP contribution in [0.2, 0.25) is 0 Å². The van der Waals surface area contributed by atoms with Gasteiger partial charge in [0.05, 0.1) is 26.2 Å². The first-order valence-electron chi connectivity index (χ1n) is 15.3. The van der Waals surface area contributed by atoms with Crippen LogP contribution >= 0.6 is 0 Å². The number of quaternary nitrogens is 1. The summed E-state index contributed by atoms with van der Waals surface area (Å²) in [6.45, 7) is 9.16. The molecule has 0 rings (SSSR count). The predicted molar refractivity (Wildman–Crippen MR) is 154 cm³/mol. The van der Waals surface area contributed by atoms with Gasteiger partial charge in [-0.1, -0.05) is 78.4 Å². The first-order valence-corrected chi connectivity index (χ1v) is 15.3. The van der Waals surface area contributed by atoms with Crippen LogP contribution in [0.25, 0.3) is 0 Å². The lowest BCUT2D eigenvalue weighted by molar-refractivity contribution is -0.935. The molecule has 0 aliphatic carbocycles. The van der Waals surface area contributed by atoms with Crippen LogP contribution in [0.1, 0.15) is 124 Å². The fourth-order valence-corrected chi connectivity index (χ4v) is 5.39. The van der Waals surface area contributed by atoms with Gasteiger partial charge in [0, 0.05) is 0 Å². The molecule has 0 saturated carbocycles. The van der Waals surface area contributed by atoms with E-state index in [0.717, 1.165) is 32.1 Å². The van der Waals surface area contributed by atoms with Crippen molar-refractivity contribution in [2.75, 3.05) is 26.2 Å². The highest BCUT2D eigenvalue weighted by atomic mass is 16.4. The minimum Gasteiger partial charge on any atom is -0.481 e. The van der Waals surface area contributed by atoms with E-state index in [2.05, 4.69) is 19.1 Å². The molecule has 7 heteroatoms. The molecular formula is C31H58NO6+. The number of rotatable bonds is 26. The number of carboxylic acid groups (broad SMARTS) is 3. The van der Waals surface area contributed by atoms with Gasteiger partial charge in [-0.05, 0) is 57.8 Å². The van der Waals surface area contributed by atoms with Crippen LogP contribution < -0.4 is 0 Å². The molecule has 0 radical (unpaired) electrons. The van der Waals surface area contributed by atoms with Crippen molar-refractivity contribution in [3.63, 3.8) is 0 Å². The monoisotopic (exact) mass is 540 g/mol. The summed E-state index contributed by atoms with van der Waals surface area (Å²) in [7, 11) is 0. The Labute approximate surface area is 232 Å². The minimum atomic E-state index is -0.896. The van der Waals surface area contributed by atoms with Crippen LogP contribution in [0.5, 0.6) is 0 Å². The molecule has 0 heterocycles. The van der Waals surface area contributed by atoms with Gasteiger partial charge in [-0.25, -0.2) is 0 Å². The van der Waals surface area contributed by atoms with Crippen LogP contribution in [0.15, 0.2) is 12.2 Å². The molecule has 3 atom stereocenters. The van der Waals surface area contributed by atoms with Crippen LogP contribution in [0.4, 0.5) is 0 Å². The lowest BCUT2D eigenvalue weighted by Crippen LogP contribution is -2.58. The van der Waals surface area contributed by atoms with Crippen molar-refractivity contribution in [1.29, 1.82) is 0 Å². The van der Waals surface area contributed by atoms with E-state index in [-0.39, 0.29) is 24.1 Å². The van der Waals surface area contributed by atoms with Gasteiger partial charge < -0.3 is 19.8 Å². The molecule has 0 aromatic heterocycles. The molecule has 7 nitrogen and oxygen atoms in total. The van der Waals surface area contributed by atoms with Crippen molar-refractivity contribution in [2.45, 2.75) is 124 Å². The normalized spacial score (nSPS) is 15.7. The van der Waals surface area contributed by atoms with Crippen molar-refractivity contribution >= 4 is 17.9 Å². The Morgan fingerprint density at radius 3 is 1.24 bits per heavy atom. The molecule has 3 N–H and O–H groups in total. The molecular weight excluding hydrogens is 482 g/mol. The zero-order valence-electron chi connectivity index (χ0n) is 24.8. The van der Waals surface area contributed by atoms with Crippen LogP contribution in [0, 0.1) is 17.8 Å². The first kappa shape index (κ1) is 36.1. The van der Waals surface area contributed by atoms with E-state index < -0.39 is 35.7 Å². The molecule has 3 unspecified atom stereocenters. The Morgan fingerprint density at radius 1 is 0.553 bits per heavy atom. The van der Waals surface area contributed by atoms with E-state index >= 15 is 0 Å². The number of unbranched alkanes of at least 4 members (excludes halogenated alkanes) is 10. The lowest BCUT2D eigenvalue weighted by atomic mass is 9.95. The second kappa shape index (κ2) is 22.0. The second-order valence-corrected chi connectivity index (χ2v) is 11.2. The van der Waals surface area contributed by atoms with Gasteiger partial charge in [0.25, 0.3) is 0 Å². The van der Waals surface area contributed by atoms with Crippen molar-refractivity contribution < 1.29 is 34.2 Å². The number of carboxylic acids is 3. The highest BCUT2D eigenvalue weighted by Gasteiger charge is 2.40. The second-order valence-electron chi connectivity index (χ2n) is 11.2. The summed E-state index contributed by atoms with van der Waals surface area (Å²) in [5.41, 5.74) is 0. The maximum absolute atomic E-state index is 11.9. The van der Waals surface area contributed by atoms with E-state index in [1.807, 2.05) is 20.8 Å². The topological polar surface area (TPSA) is 112 Å². The molecule has 0 fully saturated rings. The van der Waals surface area contributed by atoms with E-state index in [1.54, 1.807) is 0 Å². The summed E-state index contributed by atoms with van der Waals surface area (Å²) in [5.74, 6) is -4.56. The number of hydrogen-bond acceptors (Lipinski definition) is 3. The number of aliphatic carboxylic acids is 3. The fraction of sp³-hybridized carbons (Fsp3) is 0.839. The summed E-state index contributed by atoms with van der Waals surface area (Å²) in [6.07, 6.45) is 20.0. The summed E-state index contributed by atoms with van der Waals surface area (Å²) < 4.78 is 0.245.